The number of rotatable bonds is 8. The van der Waals surface area contributed by atoms with Crippen LogP contribution in [0.2, 0.25) is 5.02 Å². The number of nitrogens with zero attached hydrogens (tertiary/aromatic N) is 1. The van der Waals surface area contributed by atoms with E-state index in [9.17, 15) is 13.2 Å². The van der Waals surface area contributed by atoms with Crippen LogP contribution in [0.15, 0.2) is 83.8 Å². The van der Waals surface area contributed by atoms with E-state index in [0.717, 1.165) is 4.31 Å². The number of sulfonamides is 1. The van der Waals surface area contributed by atoms with E-state index in [4.69, 9.17) is 21.1 Å². The molecule has 30 heavy (non-hydrogen) atoms. The van der Waals surface area contributed by atoms with Crippen LogP contribution in [-0.4, -0.2) is 34.6 Å². The topological polar surface area (TPSA) is 72.9 Å². The third-order valence-corrected chi connectivity index (χ3v) is 6.38. The molecule has 0 aromatic heterocycles. The molecular formula is C22H20ClNO5S. The zero-order valence-corrected chi connectivity index (χ0v) is 17.8. The minimum atomic E-state index is -3.88. The minimum Gasteiger partial charge on any atom is -0.490 e. The molecule has 3 rings (SSSR count). The molecule has 0 spiro atoms. The predicted molar refractivity (Wildman–Crippen MR) is 116 cm³/mol. The number of halogens is 1. The molecule has 0 aliphatic heterocycles. The quantitative estimate of drug-likeness (QED) is 0.379. The lowest BCUT2D eigenvalue weighted by Gasteiger charge is -2.20. The van der Waals surface area contributed by atoms with Crippen LogP contribution in [0.1, 0.15) is 10.4 Å². The molecule has 6 nitrogen and oxygen atoms in total. The molecule has 156 valence electrons. The maximum absolute atomic E-state index is 12.9. The van der Waals surface area contributed by atoms with Gasteiger partial charge in [-0.1, -0.05) is 48.0 Å². The molecule has 0 saturated heterocycles. The van der Waals surface area contributed by atoms with Crippen LogP contribution in [0.3, 0.4) is 0 Å². The van der Waals surface area contributed by atoms with Gasteiger partial charge in [0, 0.05) is 7.05 Å². The summed E-state index contributed by atoms with van der Waals surface area (Å²) >= 11 is 6.11. The van der Waals surface area contributed by atoms with Crippen LogP contribution in [0.4, 0.5) is 5.69 Å². The van der Waals surface area contributed by atoms with Crippen LogP contribution in [0, 0.1) is 0 Å². The Labute approximate surface area is 180 Å². The van der Waals surface area contributed by atoms with Crippen molar-refractivity contribution < 1.29 is 22.7 Å². The standard InChI is InChI=1S/C22H20ClNO5S/c1-24(17-8-4-2-5-9-17)30(26,27)19-12-13-21(23)20(16-19)22(25)29-15-14-28-18-10-6-3-7-11-18/h2-13,16H,14-15H2,1H3. The maximum Gasteiger partial charge on any atom is 0.339 e. The van der Waals surface area contributed by atoms with Crippen LogP contribution in [0.5, 0.6) is 5.75 Å². The van der Waals surface area contributed by atoms with Crippen LogP contribution >= 0.6 is 11.6 Å². The number of ether oxygens (including phenoxy) is 2. The summed E-state index contributed by atoms with van der Waals surface area (Å²) in [4.78, 5) is 12.4. The van der Waals surface area contributed by atoms with Crippen molar-refractivity contribution in [1.29, 1.82) is 0 Å². The monoisotopic (exact) mass is 445 g/mol. The zero-order valence-electron chi connectivity index (χ0n) is 16.2. The van der Waals surface area contributed by atoms with Gasteiger partial charge in [-0.15, -0.1) is 0 Å². The Kier molecular flexibility index (Phi) is 6.97. The number of hydrogen-bond acceptors (Lipinski definition) is 5. The molecule has 0 aliphatic carbocycles. The smallest absolute Gasteiger partial charge is 0.339 e. The van der Waals surface area contributed by atoms with Gasteiger partial charge in [0.2, 0.25) is 0 Å². The predicted octanol–water partition coefficient (Wildman–Crippen LogP) is 4.40. The third-order valence-electron chi connectivity index (χ3n) is 4.26. The highest BCUT2D eigenvalue weighted by Gasteiger charge is 2.24. The highest BCUT2D eigenvalue weighted by Crippen LogP contribution is 2.26. The lowest BCUT2D eigenvalue weighted by atomic mass is 10.2. The summed E-state index contributed by atoms with van der Waals surface area (Å²) in [5, 5.41) is 0.102. The van der Waals surface area contributed by atoms with E-state index in [-0.39, 0.29) is 28.7 Å². The van der Waals surface area contributed by atoms with Crippen molar-refractivity contribution in [2.45, 2.75) is 4.90 Å². The Balaban J connectivity index is 1.70. The van der Waals surface area contributed by atoms with E-state index < -0.39 is 16.0 Å². The van der Waals surface area contributed by atoms with Gasteiger partial charge in [0.1, 0.15) is 19.0 Å². The van der Waals surface area contributed by atoms with E-state index in [0.29, 0.717) is 11.4 Å². The Morgan fingerprint density at radius 1 is 0.933 bits per heavy atom. The van der Waals surface area contributed by atoms with Crippen molar-refractivity contribution >= 4 is 33.3 Å². The Hall–Kier alpha value is -3.03. The summed E-state index contributed by atoms with van der Waals surface area (Å²) < 4.78 is 37.7. The molecule has 0 radical (unpaired) electrons. The molecule has 0 aliphatic rings. The molecule has 0 saturated carbocycles. The first-order chi connectivity index (χ1) is 14.4. The highest BCUT2D eigenvalue weighted by atomic mass is 35.5. The molecule has 8 heteroatoms. The van der Waals surface area contributed by atoms with Crippen molar-refractivity contribution in [3.8, 4) is 5.75 Å². The number of para-hydroxylation sites is 2. The highest BCUT2D eigenvalue weighted by molar-refractivity contribution is 7.92. The lowest BCUT2D eigenvalue weighted by Crippen LogP contribution is -2.26. The molecule has 0 heterocycles. The molecule has 0 unspecified atom stereocenters. The van der Waals surface area contributed by atoms with Crippen molar-refractivity contribution in [3.63, 3.8) is 0 Å². The summed E-state index contributed by atoms with van der Waals surface area (Å²) in [6.07, 6.45) is 0. The first kappa shape index (κ1) is 21.7. The van der Waals surface area contributed by atoms with Gasteiger partial charge in [-0.25, -0.2) is 13.2 Å². The summed E-state index contributed by atoms with van der Waals surface area (Å²) in [5.41, 5.74) is 0.466. The second-order valence-electron chi connectivity index (χ2n) is 6.25. The molecular weight excluding hydrogens is 426 g/mol. The lowest BCUT2D eigenvalue weighted by molar-refractivity contribution is 0.0450. The summed E-state index contributed by atoms with van der Waals surface area (Å²) in [6, 6.07) is 21.7. The van der Waals surface area contributed by atoms with E-state index in [2.05, 4.69) is 0 Å². The minimum absolute atomic E-state index is 0.00898. The fourth-order valence-corrected chi connectivity index (χ4v) is 4.06. The second kappa shape index (κ2) is 9.65. The fourth-order valence-electron chi connectivity index (χ4n) is 2.64. The van der Waals surface area contributed by atoms with Crippen LogP contribution < -0.4 is 9.04 Å². The van der Waals surface area contributed by atoms with Crippen molar-refractivity contribution in [1.82, 2.24) is 0 Å². The van der Waals surface area contributed by atoms with Gasteiger partial charge in [0.05, 0.1) is 21.2 Å². The van der Waals surface area contributed by atoms with Gasteiger partial charge in [-0.2, -0.15) is 0 Å². The fraction of sp³-hybridized carbons (Fsp3) is 0.136. The van der Waals surface area contributed by atoms with E-state index in [1.54, 1.807) is 42.5 Å². The average Bonchev–Trinajstić information content (AvgIpc) is 2.77. The average molecular weight is 446 g/mol. The van der Waals surface area contributed by atoms with E-state index in [1.165, 1.54) is 25.2 Å². The van der Waals surface area contributed by atoms with E-state index in [1.807, 2.05) is 18.2 Å². The van der Waals surface area contributed by atoms with Crippen molar-refractivity contribution in [2.75, 3.05) is 24.6 Å². The van der Waals surface area contributed by atoms with Crippen LogP contribution in [0.25, 0.3) is 0 Å². The Morgan fingerprint density at radius 2 is 1.57 bits per heavy atom. The third kappa shape index (κ3) is 5.11. The largest absolute Gasteiger partial charge is 0.490 e. The van der Waals surface area contributed by atoms with Gasteiger partial charge >= 0.3 is 5.97 Å². The van der Waals surface area contributed by atoms with Gasteiger partial charge in [0.25, 0.3) is 10.0 Å². The van der Waals surface area contributed by atoms with Crippen molar-refractivity contribution in [2.24, 2.45) is 0 Å². The molecule has 0 fully saturated rings. The number of esters is 1. The van der Waals surface area contributed by atoms with Gasteiger partial charge in [-0.05, 0) is 42.5 Å². The number of carbonyl (C=O) groups excluding carboxylic acids is 1. The second-order valence-corrected chi connectivity index (χ2v) is 8.62. The maximum atomic E-state index is 12.9. The zero-order chi connectivity index (χ0) is 21.6. The Bertz CT molecular complexity index is 1100. The number of anilines is 1. The summed E-state index contributed by atoms with van der Waals surface area (Å²) in [6.45, 7) is 0.146. The van der Waals surface area contributed by atoms with E-state index >= 15 is 0 Å². The number of hydrogen-bond donors (Lipinski definition) is 0. The molecule has 0 amide bonds. The number of carbonyl (C=O) groups is 1. The molecule has 0 atom stereocenters. The first-order valence-corrected chi connectivity index (χ1v) is 10.9. The normalized spacial score (nSPS) is 11.0. The van der Waals surface area contributed by atoms with Gasteiger partial charge in [-0.3, -0.25) is 4.31 Å². The SMILES string of the molecule is CN(c1ccccc1)S(=O)(=O)c1ccc(Cl)c(C(=O)OCCOc2ccccc2)c1. The Morgan fingerprint density at radius 3 is 2.23 bits per heavy atom. The summed E-state index contributed by atoms with van der Waals surface area (Å²) in [7, 11) is -2.44. The first-order valence-electron chi connectivity index (χ1n) is 9.08. The van der Waals surface area contributed by atoms with Gasteiger partial charge in [0.15, 0.2) is 0 Å². The van der Waals surface area contributed by atoms with Crippen LogP contribution in [-0.2, 0) is 14.8 Å². The van der Waals surface area contributed by atoms with Crippen molar-refractivity contribution in [3.05, 3.63) is 89.4 Å². The molecule has 3 aromatic carbocycles. The molecule has 3 aromatic rings. The number of benzene rings is 3. The molecule has 0 bridgehead atoms. The molecule has 0 N–H and O–H groups in total. The summed E-state index contributed by atoms with van der Waals surface area (Å²) in [5.74, 6) is -0.0697. The van der Waals surface area contributed by atoms with Gasteiger partial charge < -0.3 is 9.47 Å².